The molecule has 3 N–H and O–H groups in total. The largest absolute Gasteiger partial charge is 0.346 e. The smallest absolute Gasteiger partial charge is 0.249 e. The van der Waals surface area contributed by atoms with E-state index in [2.05, 4.69) is 20.5 Å². The average molecular weight is 512 g/mol. The number of nitrogens with one attached hydrogen (secondary N) is 3. The number of halogens is 2. The summed E-state index contributed by atoms with van der Waals surface area (Å²) in [5.74, 6) is -2.27. The molecule has 190 valence electrons. The second kappa shape index (κ2) is 8.47. The molecule has 0 bridgehead atoms. The van der Waals surface area contributed by atoms with E-state index in [-0.39, 0.29) is 18.7 Å². The van der Waals surface area contributed by atoms with Crippen molar-refractivity contribution in [2.45, 2.75) is 31.9 Å². The summed E-state index contributed by atoms with van der Waals surface area (Å²) < 4.78 is 26.6. The molecule has 0 spiro atoms. The summed E-state index contributed by atoms with van der Waals surface area (Å²) in [7, 11) is 0. The number of aromatic amines is 2. The van der Waals surface area contributed by atoms with Crippen molar-refractivity contribution in [1.82, 2.24) is 30.0 Å². The number of alkyl halides is 2. The first-order valence-electron chi connectivity index (χ1n) is 12.4. The Hall–Kier alpha value is -4.60. The molecule has 3 aromatic heterocycles. The highest BCUT2D eigenvalue weighted by Gasteiger charge is 2.50. The van der Waals surface area contributed by atoms with Crippen molar-refractivity contribution in [2.75, 3.05) is 5.32 Å². The van der Waals surface area contributed by atoms with E-state index in [1.54, 1.807) is 11.1 Å². The quantitative estimate of drug-likeness (QED) is 0.283. The maximum Gasteiger partial charge on any atom is 0.249 e. The number of H-pyrrole nitrogens is 2. The minimum absolute atomic E-state index is 0.192. The number of fused-ring (bicyclic) bond motifs is 2. The maximum absolute atomic E-state index is 13.3. The lowest BCUT2D eigenvalue weighted by molar-refractivity contribution is -0.160. The molecule has 1 amide bonds. The Kier molecular flexibility index (Phi) is 5.04. The van der Waals surface area contributed by atoms with Gasteiger partial charge in [-0.1, -0.05) is 24.3 Å². The summed E-state index contributed by atoms with van der Waals surface area (Å²) in [6.45, 7) is 0.845. The van der Waals surface area contributed by atoms with E-state index in [0.29, 0.717) is 30.4 Å². The predicted molar refractivity (Wildman–Crippen MR) is 139 cm³/mol. The van der Waals surface area contributed by atoms with Crippen LogP contribution in [0.5, 0.6) is 0 Å². The summed E-state index contributed by atoms with van der Waals surface area (Å²) in [5.41, 5.74) is 6.48. The third-order valence-electron chi connectivity index (χ3n) is 7.33. The van der Waals surface area contributed by atoms with E-state index in [1.165, 1.54) is 0 Å². The Labute approximate surface area is 216 Å². The second-order valence-corrected chi connectivity index (χ2v) is 9.96. The number of amides is 1. The molecule has 8 nitrogen and oxygen atoms in total. The lowest BCUT2D eigenvalue weighted by Crippen LogP contribution is -2.45. The minimum Gasteiger partial charge on any atom is -0.346 e. The molecule has 10 heteroatoms. The van der Waals surface area contributed by atoms with Crippen molar-refractivity contribution in [3.8, 4) is 22.5 Å². The van der Waals surface area contributed by atoms with Crippen LogP contribution in [0.25, 0.3) is 33.5 Å². The summed E-state index contributed by atoms with van der Waals surface area (Å²) in [6.07, 6.45) is 4.75. The molecule has 1 aliphatic heterocycles. The van der Waals surface area contributed by atoms with Gasteiger partial charge in [0, 0.05) is 61.1 Å². The molecule has 1 aliphatic carbocycles. The van der Waals surface area contributed by atoms with Gasteiger partial charge in [0.15, 0.2) is 5.82 Å². The van der Waals surface area contributed by atoms with Crippen LogP contribution in [0.4, 0.5) is 20.3 Å². The van der Waals surface area contributed by atoms with E-state index >= 15 is 0 Å². The number of carbonyl (C=O) groups excluding carboxylic acids is 1. The van der Waals surface area contributed by atoms with Crippen LogP contribution in [0.15, 0.2) is 67.1 Å². The number of nitrogens with zero attached hydrogens (tertiary/aromatic N) is 4. The number of benzene rings is 2. The highest BCUT2D eigenvalue weighted by molar-refractivity contribution is 5.90. The zero-order chi connectivity index (χ0) is 25.9. The first-order valence-corrected chi connectivity index (χ1v) is 12.4. The van der Waals surface area contributed by atoms with Gasteiger partial charge in [0.1, 0.15) is 11.5 Å². The number of aromatic nitrogens is 5. The molecule has 0 saturated heterocycles. The van der Waals surface area contributed by atoms with Gasteiger partial charge >= 0.3 is 0 Å². The number of hydrogen-bond donors (Lipinski definition) is 3. The first kappa shape index (κ1) is 22.6. The van der Waals surface area contributed by atoms with Crippen LogP contribution in [-0.4, -0.2) is 41.9 Å². The van der Waals surface area contributed by atoms with Crippen LogP contribution in [0.1, 0.15) is 24.0 Å². The van der Waals surface area contributed by atoms with Gasteiger partial charge in [-0.15, -0.1) is 0 Å². The van der Waals surface area contributed by atoms with E-state index in [4.69, 9.17) is 9.97 Å². The minimum atomic E-state index is -2.71. The van der Waals surface area contributed by atoms with Crippen molar-refractivity contribution in [3.05, 3.63) is 78.2 Å². The van der Waals surface area contributed by atoms with E-state index in [1.807, 2.05) is 60.9 Å². The van der Waals surface area contributed by atoms with Crippen molar-refractivity contribution in [1.29, 1.82) is 0 Å². The number of anilines is 2. The highest BCUT2D eigenvalue weighted by Crippen LogP contribution is 2.44. The fourth-order valence-electron chi connectivity index (χ4n) is 5.24. The SMILES string of the molecule is O=C(C1CC(F)(F)C1)N1Cc2ccc(-c3nc(Nc4ccc(-c5cn[nH]c5)cc4)c4cc[nH]c4n3)cc2C1. The fourth-order valence-corrected chi connectivity index (χ4v) is 5.24. The summed E-state index contributed by atoms with van der Waals surface area (Å²) in [4.78, 5) is 27.1. The molecule has 5 aromatic rings. The molecule has 0 atom stereocenters. The van der Waals surface area contributed by atoms with Crippen LogP contribution < -0.4 is 5.32 Å². The molecular formula is C28H23F2N7O. The van der Waals surface area contributed by atoms with Crippen molar-refractivity contribution >= 4 is 28.4 Å². The van der Waals surface area contributed by atoms with Gasteiger partial charge in [-0.3, -0.25) is 9.89 Å². The second-order valence-electron chi connectivity index (χ2n) is 9.96. The molecule has 0 radical (unpaired) electrons. The lowest BCUT2D eigenvalue weighted by atomic mass is 9.80. The third kappa shape index (κ3) is 3.98. The Morgan fingerprint density at radius 1 is 0.974 bits per heavy atom. The van der Waals surface area contributed by atoms with Crippen LogP contribution in [0, 0.1) is 5.92 Å². The number of rotatable bonds is 5. The van der Waals surface area contributed by atoms with Crippen molar-refractivity contribution in [2.24, 2.45) is 5.92 Å². The zero-order valence-electron chi connectivity index (χ0n) is 20.2. The van der Waals surface area contributed by atoms with E-state index in [9.17, 15) is 13.6 Å². The van der Waals surface area contributed by atoms with Gasteiger partial charge in [0.05, 0.1) is 11.6 Å². The number of carbonyl (C=O) groups is 1. The van der Waals surface area contributed by atoms with Crippen LogP contribution in [0.3, 0.4) is 0 Å². The summed E-state index contributed by atoms with van der Waals surface area (Å²) >= 11 is 0. The van der Waals surface area contributed by atoms with Crippen LogP contribution >= 0.6 is 0 Å². The Bertz CT molecular complexity index is 1650. The molecule has 1 saturated carbocycles. The van der Waals surface area contributed by atoms with Gasteiger partial charge in [0.2, 0.25) is 11.8 Å². The lowest BCUT2D eigenvalue weighted by Gasteiger charge is -2.36. The molecular weight excluding hydrogens is 488 g/mol. The topological polar surface area (TPSA) is 103 Å². The number of hydrogen-bond acceptors (Lipinski definition) is 5. The molecule has 7 rings (SSSR count). The third-order valence-corrected chi connectivity index (χ3v) is 7.33. The molecule has 1 fully saturated rings. The van der Waals surface area contributed by atoms with Gasteiger partial charge in [-0.2, -0.15) is 5.10 Å². The molecule has 2 aliphatic rings. The normalized spacial score (nSPS) is 16.4. The summed E-state index contributed by atoms with van der Waals surface area (Å²) in [6, 6.07) is 15.8. The van der Waals surface area contributed by atoms with Crippen molar-refractivity contribution in [3.63, 3.8) is 0 Å². The van der Waals surface area contributed by atoms with Gasteiger partial charge in [0.25, 0.3) is 0 Å². The Morgan fingerprint density at radius 2 is 1.76 bits per heavy atom. The summed E-state index contributed by atoms with van der Waals surface area (Å²) in [5, 5.41) is 11.1. The Morgan fingerprint density at radius 3 is 2.53 bits per heavy atom. The van der Waals surface area contributed by atoms with E-state index < -0.39 is 11.8 Å². The Balaban J connectivity index is 1.14. The average Bonchev–Trinajstić information content (AvgIpc) is 3.67. The van der Waals surface area contributed by atoms with Crippen LogP contribution in [-0.2, 0) is 17.9 Å². The molecule has 38 heavy (non-hydrogen) atoms. The molecule has 0 unspecified atom stereocenters. The van der Waals surface area contributed by atoms with E-state index in [0.717, 1.165) is 38.9 Å². The van der Waals surface area contributed by atoms with Crippen LogP contribution in [0.2, 0.25) is 0 Å². The highest BCUT2D eigenvalue weighted by atomic mass is 19.3. The standard InChI is InChI=1S/C28H23F2N7O/c29-28(30)10-20(11-28)27(38)37-14-18-2-1-17(9-19(18)15-37)24-35-25-23(7-8-31-25)26(36-24)34-22-5-3-16(4-6-22)21-12-32-33-13-21/h1-9,12-13,20H,10-11,14-15H2,(H,32,33)(H2,31,34,35,36). The molecule has 4 heterocycles. The zero-order valence-corrected chi connectivity index (χ0v) is 20.2. The first-order chi connectivity index (χ1) is 18.4. The van der Waals surface area contributed by atoms with Gasteiger partial charge in [-0.25, -0.2) is 18.7 Å². The molecule has 2 aromatic carbocycles. The fraction of sp³-hybridized carbons (Fsp3) is 0.214. The monoisotopic (exact) mass is 511 g/mol. The maximum atomic E-state index is 13.3. The van der Waals surface area contributed by atoms with Crippen molar-refractivity contribution < 1.29 is 13.6 Å². The van der Waals surface area contributed by atoms with Gasteiger partial charge in [-0.05, 0) is 41.0 Å². The predicted octanol–water partition coefficient (Wildman–Crippen LogP) is 5.65. The van der Waals surface area contributed by atoms with Gasteiger partial charge < -0.3 is 15.2 Å².